The van der Waals surface area contributed by atoms with E-state index < -0.39 is 6.10 Å². The maximum atomic E-state index is 12.9. The van der Waals surface area contributed by atoms with Crippen LogP contribution in [-0.4, -0.2) is 37.2 Å². The topological polar surface area (TPSA) is 78.9 Å². The number of unbranched alkanes of at least 4 members (excludes halogenated alkanes) is 38. The molecule has 74 heavy (non-hydrogen) atoms. The highest BCUT2D eigenvalue weighted by Gasteiger charge is 2.19. The van der Waals surface area contributed by atoms with Gasteiger partial charge in [-0.3, -0.25) is 14.4 Å². The quantitative estimate of drug-likeness (QED) is 0.0261. The number of esters is 3. The lowest BCUT2D eigenvalue weighted by molar-refractivity contribution is -0.167. The first-order valence-electron chi connectivity index (χ1n) is 32.3. The van der Waals surface area contributed by atoms with E-state index in [4.69, 9.17) is 14.2 Å². The monoisotopic (exact) mass is 1030 g/mol. The molecule has 0 amide bonds. The Labute approximate surface area is 460 Å². The van der Waals surface area contributed by atoms with Crippen molar-refractivity contribution in [2.24, 2.45) is 0 Å². The Bertz CT molecular complexity index is 1330. The maximum absolute atomic E-state index is 12.9. The summed E-state index contributed by atoms with van der Waals surface area (Å²) < 4.78 is 16.9. The molecule has 0 spiro atoms. The predicted molar refractivity (Wildman–Crippen MR) is 321 cm³/mol. The molecule has 1 atom stereocenters. The Morgan fingerprint density at radius 2 is 0.527 bits per heavy atom. The first kappa shape index (κ1) is 71.1. The van der Waals surface area contributed by atoms with Crippen molar-refractivity contribution in [1.29, 1.82) is 0 Å². The lowest BCUT2D eigenvalue weighted by Gasteiger charge is -2.18. The lowest BCUT2D eigenvalue weighted by Crippen LogP contribution is -2.30. The van der Waals surface area contributed by atoms with Crippen LogP contribution in [-0.2, 0) is 28.6 Å². The fourth-order valence-electron chi connectivity index (χ4n) is 9.43. The van der Waals surface area contributed by atoms with E-state index in [2.05, 4.69) is 81.5 Å². The third kappa shape index (κ3) is 60.0. The van der Waals surface area contributed by atoms with Crippen LogP contribution in [0.25, 0.3) is 0 Å². The molecule has 6 nitrogen and oxygen atoms in total. The molecule has 0 radical (unpaired) electrons. The minimum absolute atomic E-state index is 0.0756. The van der Waals surface area contributed by atoms with E-state index in [9.17, 15) is 14.4 Å². The molecule has 0 aliphatic heterocycles. The first-order chi connectivity index (χ1) is 36.5. The molecule has 6 heteroatoms. The van der Waals surface area contributed by atoms with Gasteiger partial charge in [0.2, 0.25) is 0 Å². The summed E-state index contributed by atoms with van der Waals surface area (Å²) in [7, 11) is 0. The van der Waals surface area contributed by atoms with Gasteiger partial charge in [0.15, 0.2) is 6.10 Å². The molecule has 0 bridgehead atoms. The minimum atomic E-state index is -0.778. The SMILES string of the molecule is CC/C=C\C/C=C\C/C=C\C/C=C\CCCCCCCCCCCCC(=O)OCC(COC(=O)CCCCCCC/C=C\CCCCCCCCC)OC(=O)CCCCCCCCCCCCCCCCCCC. The molecule has 0 heterocycles. The standard InChI is InChI=1S/C68H122O6/c1-4-7-10-13-16-19-22-25-28-31-32-33-34-35-36-38-40-43-46-49-52-55-58-61-67(70)73-64-65(63-72-66(69)60-57-54-51-48-45-42-39-30-27-24-21-18-15-12-9-6-3)74-68(71)62-59-56-53-50-47-44-41-37-29-26-23-20-17-14-11-8-5-2/h7,10,16,19,25,28,30,32-33,39,65H,4-6,8-9,11-15,17-18,20-24,26-27,29,31,34-38,40-64H2,1-3H3/b10-7-,19-16-,28-25-,33-32-,39-30-. The lowest BCUT2D eigenvalue weighted by atomic mass is 10.0. The predicted octanol–water partition coefficient (Wildman–Crippen LogP) is 21.9. The molecule has 1 unspecified atom stereocenters. The number of allylic oxidation sites excluding steroid dienone is 10. The average Bonchev–Trinajstić information content (AvgIpc) is 3.40. The van der Waals surface area contributed by atoms with E-state index in [1.165, 1.54) is 205 Å². The maximum Gasteiger partial charge on any atom is 0.306 e. The number of rotatable bonds is 59. The van der Waals surface area contributed by atoms with Crippen LogP contribution in [0.15, 0.2) is 60.8 Å². The van der Waals surface area contributed by atoms with Crippen molar-refractivity contribution in [2.75, 3.05) is 13.2 Å². The fraction of sp³-hybridized carbons (Fsp3) is 0.809. The van der Waals surface area contributed by atoms with Crippen LogP contribution in [0.5, 0.6) is 0 Å². The molecule has 0 aliphatic carbocycles. The van der Waals surface area contributed by atoms with Gasteiger partial charge < -0.3 is 14.2 Å². The summed E-state index contributed by atoms with van der Waals surface area (Å²) in [6, 6.07) is 0. The van der Waals surface area contributed by atoms with Crippen molar-refractivity contribution in [3.8, 4) is 0 Å². The number of hydrogen-bond acceptors (Lipinski definition) is 6. The van der Waals surface area contributed by atoms with Gasteiger partial charge in [0.1, 0.15) is 13.2 Å². The van der Waals surface area contributed by atoms with Crippen LogP contribution < -0.4 is 0 Å². The Balaban J connectivity index is 4.33. The largest absolute Gasteiger partial charge is 0.462 e. The van der Waals surface area contributed by atoms with Gasteiger partial charge in [-0.25, -0.2) is 0 Å². The van der Waals surface area contributed by atoms with E-state index in [-0.39, 0.29) is 31.1 Å². The highest BCUT2D eigenvalue weighted by molar-refractivity contribution is 5.71. The number of hydrogen-bond donors (Lipinski definition) is 0. The average molecular weight is 1040 g/mol. The zero-order chi connectivity index (χ0) is 53.6. The van der Waals surface area contributed by atoms with Crippen molar-refractivity contribution >= 4 is 17.9 Å². The summed E-state index contributed by atoms with van der Waals surface area (Å²) in [4.78, 5) is 38.3. The summed E-state index contributed by atoms with van der Waals surface area (Å²) >= 11 is 0. The van der Waals surface area contributed by atoms with Gasteiger partial charge in [-0.2, -0.15) is 0 Å². The zero-order valence-electron chi connectivity index (χ0n) is 49.4. The second-order valence-corrected chi connectivity index (χ2v) is 21.6. The molecular weight excluding hydrogens is 913 g/mol. The summed E-state index contributed by atoms with van der Waals surface area (Å²) in [5, 5.41) is 0. The van der Waals surface area contributed by atoms with Crippen LogP contribution in [0, 0.1) is 0 Å². The van der Waals surface area contributed by atoms with Crippen molar-refractivity contribution in [1.82, 2.24) is 0 Å². The minimum Gasteiger partial charge on any atom is -0.462 e. The number of ether oxygens (including phenoxy) is 3. The Kier molecular flexibility index (Phi) is 60.2. The number of carbonyl (C=O) groups is 3. The summed E-state index contributed by atoms with van der Waals surface area (Å²) in [6.07, 6.45) is 79.4. The molecule has 0 fully saturated rings. The molecule has 0 aliphatic rings. The molecule has 0 N–H and O–H groups in total. The number of carbonyl (C=O) groups excluding carboxylic acids is 3. The van der Waals surface area contributed by atoms with Gasteiger partial charge >= 0.3 is 17.9 Å². The van der Waals surface area contributed by atoms with Crippen molar-refractivity contribution in [3.63, 3.8) is 0 Å². The van der Waals surface area contributed by atoms with E-state index in [1.54, 1.807) is 0 Å². The van der Waals surface area contributed by atoms with Crippen LogP contribution in [0.4, 0.5) is 0 Å². The van der Waals surface area contributed by atoms with Gasteiger partial charge in [-0.15, -0.1) is 0 Å². The van der Waals surface area contributed by atoms with Gasteiger partial charge in [-0.1, -0.05) is 293 Å². The molecule has 0 aromatic heterocycles. The third-order valence-electron chi connectivity index (χ3n) is 14.3. The molecule has 0 aromatic rings. The van der Waals surface area contributed by atoms with Crippen LogP contribution in [0.1, 0.15) is 335 Å². The molecule has 0 saturated carbocycles. The third-order valence-corrected chi connectivity index (χ3v) is 14.3. The van der Waals surface area contributed by atoms with Gasteiger partial charge in [0.25, 0.3) is 0 Å². The summed E-state index contributed by atoms with van der Waals surface area (Å²) in [5.74, 6) is -0.867. The van der Waals surface area contributed by atoms with E-state index >= 15 is 0 Å². The Hall–Kier alpha value is -2.89. The van der Waals surface area contributed by atoms with Gasteiger partial charge in [0.05, 0.1) is 0 Å². The van der Waals surface area contributed by atoms with Crippen LogP contribution >= 0.6 is 0 Å². The molecule has 0 aromatic carbocycles. The fourth-order valence-corrected chi connectivity index (χ4v) is 9.43. The highest BCUT2D eigenvalue weighted by atomic mass is 16.6. The molecule has 0 rings (SSSR count). The van der Waals surface area contributed by atoms with Crippen LogP contribution in [0.2, 0.25) is 0 Å². The second kappa shape index (κ2) is 62.6. The van der Waals surface area contributed by atoms with Crippen LogP contribution in [0.3, 0.4) is 0 Å². The van der Waals surface area contributed by atoms with Crippen molar-refractivity contribution in [2.45, 2.75) is 341 Å². The van der Waals surface area contributed by atoms with E-state index in [0.717, 1.165) is 89.9 Å². The van der Waals surface area contributed by atoms with Gasteiger partial charge in [-0.05, 0) is 83.5 Å². The van der Waals surface area contributed by atoms with E-state index in [1.807, 2.05) is 0 Å². The summed E-state index contributed by atoms with van der Waals surface area (Å²) in [5.41, 5.74) is 0. The van der Waals surface area contributed by atoms with Crippen molar-refractivity contribution < 1.29 is 28.6 Å². The Morgan fingerprint density at radius 1 is 0.284 bits per heavy atom. The zero-order valence-corrected chi connectivity index (χ0v) is 49.4. The highest BCUT2D eigenvalue weighted by Crippen LogP contribution is 2.17. The molecule has 0 saturated heterocycles. The molecule has 430 valence electrons. The van der Waals surface area contributed by atoms with Gasteiger partial charge in [0, 0.05) is 19.3 Å². The summed E-state index contributed by atoms with van der Waals surface area (Å²) in [6.45, 7) is 6.57. The van der Waals surface area contributed by atoms with Crippen molar-refractivity contribution in [3.05, 3.63) is 60.8 Å². The Morgan fingerprint density at radius 3 is 0.838 bits per heavy atom. The normalized spacial score (nSPS) is 12.4. The smallest absolute Gasteiger partial charge is 0.306 e. The molecular formula is C68H122O6. The second-order valence-electron chi connectivity index (χ2n) is 21.6. The first-order valence-corrected chi connectivity index (χ1v) is 32.3. The van der Waals surface area contributed by atoms with E-state index in [0.29, 0.717) is 19.3 Å².